The van der Waals surface area contributed by atoms with Crippen LogP contribution in [0.1, 0.15) is 30.2 Å². The van der Waals surface area contributed by atoms with Crippen LogP contribution in [-0.4, -0.2) is 40.6 Å². The van der Waals surface area contributed by atoms with Crippen LogP contribution in [0.15, 0.2) is 101 Å². The molecule has 0 aliphatic carbocycles. The molecule has 3 heterocycles. The number of thioether (sulfide) groups is 1. The van der Waals surface area contributed by atoms with Crippen LogP contribution >= 0.6 is 23.1 Å². The van der Waals surface area contributed by atoms with Crippen molar-refractivity contribution in [2.24, 2.45) is 5.92 Å². The summed E-state index contributed by atoms with van der Waals surface area (Å²) >= 11 is 2.16. The lowest BCUT2D eigenvalue weighted by atomic mass is 9.83. The number of amides is 3. The summed E-state index contributed by atoms with van der Waals surface area (Å²) in [6.45, 7) is 5.56. The van der Waals surface area contributed by atoms with Gasteiger partial charge in [-0.3, -0.25) is 23.7 Å². The van der Waals surface area contributed by atoms with Gasteiger partial charge in [-0.1, -0.05) is 71.6 Å². The molecule has 0 spiro atoms. The van der Waals surface area contributed by atoms with E-state index in [0.29, 0.717) is 21.3 Å². The Morgan fingerprint density at radius 2 is 1.57 bits per heavy atom. The summed E-state index contributed by atoms with van der Waals surface area (Å²) < 4.78 is 15.2. The molecular formula is C36H31FN4O4S2. The van der Waals surface area contributed by atoms with Crippen LogP contribution in [0.25, 0.3) is 10.8 Å². The molecule has 8 nitrogen and oxygen atoms in total. The topological polar surface area (TPSA) is 91.7 Å². The number of thiazole rings is 1. The molecule has 2 aliphatic rings. The number of carbonyl (C=O) groups excluding carboxylic acids is 3. The van der Waals surface area contributed by atoms with E-state index in [2.05, 4.69) is 24.1 Å². The van der Waals surface area contributed by atoms with Crippen molar-refractivity contribution in [3.63, 3.8) is 0 Å². The molecular weight excluding hydrogens is 636 g/mol. The number of nitrogens with zero attached hydrogens (tertiary/aromatic N) is 3. The highest BCUT2D eigenvalue weighted by molar-refractivity contribution is 8.00. The fourth-order valence-electron chi connectivity index (χ4n) is 6.61. The van der Waals surface area contributed by atoms with Crippen molar-refractivity contribution < 1.29 is 18.8 Å². The highest BCUT2D eigenvalue weighted by Crippen LogP contribution is 2.54. The molecule has 1 fully saturated rings. The third-order valence-corrected chi connectivity index (χ3v) is 11.5. The second kappa shape index (κ2) is 12.5. The number of nitrogens with one attached hydrogen (secondary N) is 1. The summed E-state index contributed by atoms with van der Waals surface area (Å²) in [5.74, 6) is -3.07. The van der Waals surface area contributed by atoms with E-state index in [1.807, 2.05) is 66.7 Å². The van der Waals surface area contributed by atoms with Crippen LogP contribution in [0.5, 0.6) is 0 Å². The summed E-state index contributed by atoms with van der Waals surface area (Å²) in [4.78, 5) is 58.8. The number of aromatic nitrogens is 1. The Hall–Kier alpha value is -4.74. The molecule has 3 amide bonds. The number of benzene rings is 4. The Morgan fingerprint density at radius 3 is 2.30 bits per heavy atom. The molecule has 3 atom stereocenters. The molecule has 238 valence electrons. The first-order valence-electron chi connectivity index (χ1n) is 15.4. The van der Waals surface area contributed by atoms with Crippen LogP contribution in [0.3, 0.4) is 0 Å². The Bertz CT molecular complexity index is 2070. The van der Waals surface area contributed by atoms with Gasteiger partial charge in [-0.2, -0.15) is 0 Å². The van der Waals surface area contributed by atoms with E-state index in [9.17, 15) is 23.6 Å². The lowest BCUT2D eigenvalue weighted by Gasteiger charge is -2.31. The molecule has 0 bridgehead atoms. The molecule has 47 heavy (non-hydrogen) atoms. The van der Waals surface area contributed by atoms with E-state index in [-0.39, 0.29) is 17.3 Å². The number of hydrogen-bond acceptors (Lipinski definition) is 7. The molecule has 7 rings (SSSR count). The van der Waals surface area contributed by atoms with E-state index in [1.165, 1.54) is 28.8 Å². The number of anilines is 3. The van der Waals surface area contributed by atoms with Crippen LogP contribution in [0.4, 0.5) is 21.5 Å². The van der Waals surface area contributed by atoms with Crippen molar-refractivity contribution in [3.8, 4) is 0 Å². The van der Waals surface area contributed by atoms with Gasteiger partial charge in [-0.15, -0.1) is 0 Å². The zero-order valence-corrected chi connectivity index (χ0v) is 27.3. The maximum absolute atomic E-state index is 14.1. The monoisotopic (exact) mass is 666 g/mol. The fraction of sp³-hybridized carbons (Fsp3) is 0.222. The molecule has 5 aromatic rings. The third-order valence-electron chi connectivity index (χ3n) is 8.88. The van der Waals surface area contributed by atoms with Crippen molar-refractivity contribution >= 4 is 68.7 Å². The number of hydrogen-bond donors (Lipinski definition) is 1. The van der Waals surface area contributed by atoms with Crippen molar-refractivity contribution in [2.45, 2.75) is 36.6 Å². The van der Waals surface area contributed by atoms with Gasteiger partial charge in [0.2, 0.25) is 17.7 Å². The average molecular weight is 667 g/mol. The predicted molar refractivity (Wildman–Crippen MR) is 185 cm³/mol. The second-order valence-electron chi connectivity index (χ2n) is 11.5. The van der Waals surface area contributed by atoms with Gasteiger partial charge in [0.15, 0.2) is 0 Å². The summed E-state index contributed by atoms with van der Waals surface area (Å²) in [5.41, 5.74) is 2.75. The smallest absolute Gasteiger partial charge is 0.308 e. The predicted octanol–water partition coefficient (Wildman–Crippen LogP) is 6.48. The Balaban J connectivity index is 1.28. The molecule has 4 aromatic carbocycles. The van der Waals surface area contributed by atoms with Gasteiger partial charge >= 0.3 is 4.87 Å². The number of imide groups is 1. The maximum atomic E-state index is 14.1. The standard InChI is InChI=1S/C36H31FN4O4S2/c1-3-39(4-2)24-16-12-22(13-17-24)29-30-31(34(44)41(33(30)43)25-18-14-23(37)15-19-25)46-35-32(29)47-36(45)40(35)20-28(42)38-27-11-7-9-21-8-5-6-10-26(21)27/h5-19,29-31H,3-4,20H2,1-2H3,(H,38,42)/t29-,30?,31?/m1/s1. The number of halogens is 1. The molecule has 2 aliphatic heterocycles. The highest BCUT2D eigenvalue weighted by Gasteiger charge is 2.56. The van der Waals surface area contributed by atoms with Crippen molar-refractivity contribution in [1.82, 2.24) is 4.57 Å². The summed E-state index contributed by atoms with van der Waals surface area (Å²) in [7, 11) is 0. The summed E-state index contributed by atoms with van der Waals surface area (Å²) in [5, 5.41) is 4.48. The quantitative estimate of drug-likeness (QED) is 0.191. The van der Waals surface area contributed by atoms with Crippen molar-refractivity contribution in [1.29, 1.82) is 0 Å². The van der Waals surface area contributed by atoms with Crippen LogP contribution in [0, 0.1) is 11.7 Å². The lowest BCUT2D eigenvalue weighted by Crippen LogP contribution is -2.33. The third kappa shape index (κ3) is 5.43. The Morgan fingerprint density at radius 1 is 0.872 bits per heavy atom. The van der Waals surface area contributed by atoms with Gasteiger partial charge < -0.3 is 10.2 Å². The van der Waals surface area contributed by atoms with E-state index in [0.717, 1.165) is 63.1 Å². The van der Waals surface area contributed by atoms with Gasteiger partial charge in [0.05, 0.1) is 16.6 Å². The molecule has 1 N–H and O–H groups in total. The van der Waals surface area contributed by atoms with Gasteiger partial charge in [-0.05, 0) is 67.3 Å². The van der Waals surface area contributed by atoms with Gasteiger partial charge in [-0.25, -0.2) is 9.29 Å². The van der Waals surface area contributed by atoms with E-state index < -0.39 is 34.7 Å². The largest absolute Gasteiger partial charge is 0.372 e. The van der Waals surface area contributed by atoms with Gasteiger partial charge in [0.25, 0.3) is 0 Å². The lowest BCUT2D eigenvalue weighted by molar-refractivity contribution is -0.122. The minimum Gasteiger partial charge on any atom is -0.372 e. The van der Waals surface area contributed by atoms with Crippen molar-refractivity contribution in [2.75, 3.05) is 28.2 Å². The minimum absolute atomic E-state index is 0.254. The molecule has 11 heteroatoms. The number of fused-ring (bicyclic) bond motifs is 3. The number of rotatable bonds is 8. The minimum atomic E-state index is -0.839. The maximum Gasteiger partial charge on any atom is 0.308 e. The molecule has 0 radical (unpaired) electrons. The molecule has 0 saturated carbocycles. The molecule has 2 unspecified atom stereocenters. The average Bonchev–Trinajstić information content (AvgIpc) is 3.52. The summed E-state index contributed by atoms with van der Waals surface area (Å²) in [6, 6.07) is 26.5. The van der Waals surface area contributed by atoms with Crippen LogP contribution in [0.2, 0.25) is 0 Å². The number of carbonyl (C=O) groups is 3. The second-order valence-corrected chi connectivity index (χ2v) is 13.6. The Kier molecular flexibility index (Phi) is 8.19. The van der Waals surface area contributed by atoms with E-state index in [4.69, 9.17) is 0 Å². The Labute approximate surface area is 278 Å². The van der Waals surface area contributed by atoms with E-state index >= 15 is 0 Å². The first kappa shape index (κ1) is 30.9. The zero-order valence-electron chi connectivity index (χ0n) is 25.7. The van der Waals surface area contributed by atoms with Gasteiger partial charge in [0.1, 0.15) is 17.6 Å². The van der Waals surface area contributed by atoms with Crippen LogP contribution < -0.4 is 20.0 Å². The fourth-order valence-corrected chi connectivity index (χ4v) is 9.38. The van der Waals surface area contributed by atoms with Gasteiger partial charge in [0, 0.05) is 40.6 Å². The molecule has 1 aromatic heterocycles. The van der Waals surface area contributed by atoms with E-state index in [1.54, 1.807) is 0 Å². The molecule has 1 saturated heterocycles. The zero-order chi connectivity index (χ0) is 32.8. The van der Waals surface area contributed by atoms with Crippen molar-refractivity contribution in [3.05, 3.63) is 117 Å². The van der Waals surface area contributed by atoms with Crippen LogP contribution in [-0.2, 0) is 20.9 Å². The SMILES string of the molecule is CCN(CC)c1ccc([C@H]2c3sc(=O)n(CC(=O)Nc4cccc5ccccc45)c3SC3C(=O)N(c4ccc(F)cc4)C(=O)C32)cc1. The highest BCUT2D eigenvalue weighted by atomic mass is 32.2. The first-order valence-corrected chi connectivity index (χ1v) is 17.1. The normalized spacial score (nSPS) is 18.7. The summed E-state index contributed by atoms with van der Waals surface area (Å²) in [6.07, 6.45) is 0. The first-order chi connectivity index (χ1) is 22.8.